The van der Waals surface area contributed by atoms with E-state index < -0.39 is 11.7 Å². The van der Waals surface area contributed by atoms with E-state index in [1.165, 1.54) is 23.9 Å². The molecule has 1 aliphatic heterocycles. The topological polar surface area (TPSA) is 6.48 Å². The van der Waals surface area contributed by atoms with Crippen molar-refractivity contribution in [3.63, 3.8) is 0 Å². The number of fused-ring (bicyclic) bond motifs is 2. The first-order chi connectivity index (χ1) is 12.4. The number of hydrogen-bond acceptors (Lipinski definition) is 3. The summed E-state index contributed by atoms with van der Waals surface area (Å²) in [7, 11) is 0. The highest BCUT2D eigenvalue weighted by atomic mass is 35.5. The van der Waals surface area contributed by atoms with Crippen molar-refractivity contribution in [2.24, 2.45) is 0 Å². The molecule has 1 aliphatic rings. The van der Waals surface area contributed by atoms with Gasteiger partial charge >= 0.3 is 6.18 Å². The van der Waals surface area contributed by atoms with E-state index in [9.17, 15) is 13.2 Å². The molecule has 0 bridgehead atoms. The second-order valence-corrected chi connectivity index (χ2v) is 7.37. The molecule has 7 heteroatoms. The normalized spacial score (nSPS) is 13.2. The van der Waals surface area contributed by atoms with Gasteiger partial charge in [0.25, 0.3) is 0 Å². The van der Waals surface area contributed by atoms with Crippen LogP contribution in [0.1, 0.15) is 25.8 Å². The number of halogens is 4. The molecule has 0 saturated carbocycles. The summed E-state index contributed by atoms with van der Waals surface area (Å²) in [4.78, 5) is 6.19. The molecule has 2 aromatic carbocycles. The largest absolute Gasteiger partial charge is 1.00 e. The molecule has 148 valence electrons. The van der Waals surface area contributed by atoms with Crippen LogP contribution < -0.4 is 17.3 Å². The maximum absolute atomic E-state index is 13.1. The number of para-hydroxylation sites is 1. The summed E-state index contributed by atoms with van der Waals surface area (Å²) in [6, 6.07) is 12.0. The Balaban J connectivity index is 0.00000261. The van der Waals surface area contributed by atoms with Crippen LogP contribution in [0.3, 0.4) is 0 Å². The zero-order valence-corrected chi connectivity index (χ0v) is 17.0. The maximum Gasteiger partial charge on any atom is 0.416 e. The molecule has 0 saturated heterocycles. The summed E-state index contributed by atoms with van der Waals surface area (Å²) in [5, 5.41) is 0. The zero-order chi connectivity index (χ0) is 18.7. The molecule has 1 heterocycles. The average molecular weight is 416 g/mol. The predicted molar refractivity (Wildman–Crippen MR) is 101 cm³/mol. The van der Waals surface area contributed by atoms with Crippen molar-refractivity contribution >= 4 is 23.1 Å². The molecule has 0 radical (unpaired) electrons. The smallest absolute Gasteiger partial charge is 0.416 e. The lowest BCUT2D eigenvalue weighted by Crippen LogP contribution is -3.00. The minimum atomic E-state index is -4.32. The lowest BCUT2D eigenvalue weighted by Gasteiger charge is -2.33. The number of nitrogens with zero attached hydrogens (tertiary/aromatic N) is 2. The molecule has 0 atom stereocenters. The van der Waals surface area contributed by atoms with Gasteiger partial charge in [0.05, 0.1) is 16.9 Å². The quantitative estimate of drug-likeness (QED) is 0.716. The van der Waals surface area contributed by atoms with Crippen LogP contribution in [0.4, 0.5) is 24.5 Å². The molecule has 0 spiro atoms. The fraction of sp³-hybridized carbons (Fsp3) is 0.400. The minimum absolute atomic E-state index is 0. The lowest BCUT2D eigenvalue weighted by molar-refractivity contribution is -0.137. The van der Waals surface area contributed by atoms with E-state index in [1.54, 1.807) is 6.07 Å². The Morgan fingerprint density at radius 3 is 2.30 bits per heavy atom. The van der Waals surface area contributed by atoms with Crippen molar-refractivity contribution in [1.29, 1.82) is 0 Å². The van der Waals surface area contributed by atoms with Gasteiger partial charge in [0.15, 0.2) is 0 Å². The molecular weight excluding hydrogens is 393 g/mol. The van der Waals surface area contributed by atoms with Crippen molar-refractivity contribution in [2.75, 3.05) is 31.1 Å². The maximum atomic E-state index is 13.1. The van der Waals surface area contributed by atoms with Crippen LogP contribution in [0.2, 0.25) is 0 Å². The summed E-state index contributed by atoms with van der Waals surface area (Å²) < 4.78 is 39.3. The van der Waals surface area contributed by atoms with E-state index in [1.807, 2.05) is 24.3 Å². The van der Waals surface area contributed by atoms with E-state index in [4.69, 9.17) is 0 Å². The van der Waals surface area contributed by atoms with Gasteiger partial charge < -0.3 is 22.2 Å². The predicted octanol–water partition coefficient (Wildman–Crippen LogP) is 3.04. The average Bonchev–Trinajstić information content (AvgIpc) is 2.63. The first-order valence-corrected chi connectivity index (χ1v) is 9.73. The number of benzene rings is 2. The van der Waals surface area contributed by atoms with Crippen molar-refractivity contribution in [3.05, 3.63) is 48.0 Å². The van der Waals surface area contributed by atoms with Gasteiger partial charge in [-0.25, -0.2) is 0 Å². The molecule has 2 aromatic rings. The van der Waals surface area contributed by atoms with E-state index in [0.29, 0.717) is 4.90 Å². The Labute approximate surface area is 169 Å². The molecule has 27 heavy (non-hydrogen) atoms. The molecule has 0 aromatic heterocycles. The highest BCUT2D eigenvalue weighted by Crippen LogP contribution is 2.49. The second kappa shape index (κ2) is 9.22. The second-order valence-electron chi connectivity index (χ2n) is 6.28. The summed E-state index contributed by atoms with van der Waals surface area (Å²) in [5.41, 5.74) is 1.34. The minimum Gasteiger partial charge on any atom is -1.00 e. The van der Waals surface area contributed by atoms with Crippen molar-refractivity contribution in [1.82, 2.24) is 4.90 Å². The van der Waals surface area contributed by atoms with Crippen LogP contribution in [-0.2, 0) is 6.18 Å². The summed E-state index contributed by atoms with van der Waals surface area (Å²) in [6.45, 7) is 8.07. The number of anilines is 2. The van der Waals surface area contributed by atoms with Gasteiger partial charge in [-0.3, -0.25) is 0 Å². The fourth-order valence-electron chi connectivity index (χ4n) is 3.24. The van der Waals surface area contributed by atoms with Crippen LogP contribution in [0.15, 0.2) is 52.3 Å². The van der Waals surface area contributed by atoms with Gasteiger partial charge in [0, 0.05) is 16.3 Å². The molecule has 0 N–H and O–H groups in total. The van der Waals surface area contributed by atoms with E-state index in [-0.39, 0.29) is 12.4 Å². The van der Waals surface area contributed by atoms with E-state index >= 15 is 0 Å². The first kappa shape index (κ1) is 21.9. The summed E-state index contributed by atoms with van der Waals surface area (Å²) in [5.74, 6) is 0. The Hall–Kier alpha value is -1.37. The van der Waals surface area contributed by atoms with E-state index in [2.05, 4.69) is 23.6 Å². The third kappa shape index (κ3) is 4.92. The molecule has 0 aliphatic carbocycles. The molecule has 3 rings (SSSR count). The van der Waals surface area contributed by atoms with Gasteiger partial charge in [0.2, 0.25) is 0 Å². The Kier molecular flexibility index (Phi) is 7.48. The standard InChI is InChI=1S/C20H23F3N2S.ClH/c1-3-24(4-2)12-7-13-25-16-8-5-6-9-18(16)26-19-14-15(20(21,22)23)10-11-17(19)25;/h5-6,8-11,14H,3-4,7,12-13H2,1-2H3;1H/p-1. The van der Waals surface area contributed by atoms with E-state index in [0.717, 1.165) is 48.9 Å². The first-order valence-electron chi connectivity index (χ1n) is 8.92. The van der Waals surface area contributed by atoms with Crippen LogP contribution in [0.25, 0.3) is 0 Å². The summed E-state index contributed by atoms with van der Waals surface area (Å²) >= 11 is 1.41. The molecule has 0 unspecified atom stereocenters. The third-order valence-corrected chi connectivity index (χ3v) is 5.82. The fourth-order valence-corrected chi connectivity index (χ4v) is 4.38. The zero-order valence-electron chi connectivity index (χ0n) is 15.4. The van der Waals surface area contributed by atoms with Crippen LogP contribution >= 0.6 is 11.8 Å². The number of rotatable bonds is 6. The van der Waals surface area contributed by atoms with Gasteiger partial charge in [-0.15, -0.1) is 0 Å². The van der Waals surface area contributed by atoms with Crippen LogP contribution in [0.5, 0.6) is 0 Å². The molecule has 2 nitrogen and oxygen atoms in total. The van der Waals surface area contributed by atoms with Crippen LogP contribution in [0, 0.1) is 0 Å². The van der Waals surface area contributed by atoms with Crippen molar-refractivity contribution in [2.45, 2.75) is 36.2 Å². The lowest BCUT2D eigenvalue weighted by atomic mass is 10.1. The molecular formula is C20H23ClF3N2S-. The molecule has 0 amide bonds. The number of hydrogen-bond donors (Lipinski definition) is 0. The van der Waals surface area contributed by atoms with Gasteiger partial charge in [-0.05, 0) is 56.4 Å². The Morgan fingerprint density at radius 2 is 1.63 bits per heavy atom. The molecule has 0 fully saturated rings. The Morgan fingerprint density at radius 1 is 0.963 bits per heavy atom. The number of alkyl halides is 3. The van der Waals surface area contributed by atoms with Gasteiger partial charge in [-0.2, -0.15) is 13.2 Å². The summed E-state index contributed by atoms with van der Waals surface area (Å²) in [6.07, 6.45) is -3.36. The Bertz CT molecular complexity index is 763. The SMILES string of the molecule is CCN(CC)CCCN1c2ccccc2Sc2cc(C(F)(F)F)ccc21.[Cl-]. The van der Waals surface area contributed by atoms with Crippen LogP contribution in [-0.4, -0.2) is 31.1 Å². The van der Waals surface area contributed by atoms with Gasteiger partial charge in [-0.1, -0.05) is 37.7 Å². The van der Waals surface area contributed by atoms with Crippen molar-refractivity contribution < 1.29 is 25.6 Å². The highest BCUT2D eigenvalue weighted by molar-refractivity contribution is 7.99. The van der Waals surface area contributed by atoms with Gasteiger partial charge in [0.1, 0.15) is 0 Å². The highest BCUT2D eigenvalue weighted by Gasteiger charge is 2.33. The third-order valence-electron chi connectivity index (χ3n) is 4.70. The monoisotopic (exact) mass is 415 g/mol. The van der Waals surface area contributed by atoms with Crippen molar-refractivity contribution in [3.8, 4) is 0 Å².